The number of nitrogens with two attached hydrogens (primary N) is 1. The molecule has 3 heterocycles. The Hall–Kier alpha value is -2.24. The van der Waals surface area contributed by atoms with Crippen molar-refractivity contribution in [1.82, 2.24) is 19.7 Å². The highest BCUT2D eigenvalue weighted by molar-refractivity contribution is 7.91. The smallest absolute Gasteiger partial charge is 0.277 e. The minimum atomic E-state index is -3.89. The molecule has 0 amide bonds. The van der Waals surface area contributed by atoms with Gasteiger partial charge in [-0.1, -0.05) is 24.7 Å². The molecular weight excluding hydrogens is 378 g/mol. The SMILES string of the molecule is CCCc1nn(C)c2c(=O)[nH]c(-c3cc(S(N)(=O)=O)sc3OCC)nc12. The van der Waals surface area contributed by atoms with Gasteiger partial charge in [0, 0.05) is 7.05 Å². The van der Waals surface area contributed by atoms with Crippen molar-refractivity contribution < 1.29 is 13.2 Å². The Kier molecular flexibility index (Phi) is 4.86. The van der Waals surface area contributed by atoms with Crippen LogP contribution in [0.25, 0.3) is 22.4 Å². The summed E-state index contributed by atoms with van der Waals surface area (Å²) in [5.74, 6) is 0.224. The third kappa shape index (κ3) is 3.24. The molecule has 0 aliphatic heterocycles. The number of nitrogens with zero attached hydrogens (tertiary/aromatic N) is 3. The number of fused-ring (bicyclic) bond motifs is 1. The molecule has 11 heteroatoms. The summed E-state index contributed by atoms with van der Waals surface area (Å²) in [6.45, 7) is 4.12. The zero-order valence-electron chi connectivity index (χ0n) is 14.6. The Morgan fingerprint density at radius 3 is 2.73 bits per heavy atom. The summed E-state index contributed by atoms with van der Waals surface area (Å²) < 4.78 is 30.3. The highest BCUT2D eigenvalue weighted by Crippen LogP contribution is 2.38. The van der Waals surface area contributed by atoms with Gasteiger partial charge in [-0.25, -0.2) is 18.5 Å². The van der Waals surface area contributed by atoms with E-state index in [1.807, 2.05) is 6.92 Å². The summed E-state index contributed by atoms with van der Waals surface area (Å²) >= 11 is 0.899. The molecule has 0 aliphatic rings. The Labute approximate surface area is 153 Å². The molecule has 0 spiro atoms. The van der Waals surface area contributed by atoms with Crippen LogP contribution in [-0.2, 0) is 23.5 Å². The fraction of sp³-hybridized carbons (Fsp3) is 0.400. The van der Waals surface area contributed by atoms with Crippen LogP contribution < -0.4 is 15.4 Å². The summed E-state index contributed by atoms with van der Waals surface area (Å²) in [6, 6.07) is 1.37. The van der Waals surface area contributed by atoms with Crippen LogP contribution >= 0.6 is 11.3 Å². The van der Waals surface area contributed by atoms with Gasteiger partial charge in [-0.15, -0.1) is 0 Å². The van der Waals surface area contributed by atoms with E-state index in [1.54, 1.807) is 14.0 Å². The molecule has 0 bridgehead atoms. The Morgan fingerprint density at radius 1 is 1.38 bits per heavy atom. The van der Waals surface area contributed by atoms with Crippen LogP contribution in [-0.4, -0.2) is 34.8 Å². The number of H-pyrrole nitrogens is 1. The number of rotatable bonds is 6. The summed E-state index contributed by atoms with van der Waals surface area (Å²) in [5.41, 5.74) is 1.62. The lowest BCUT2D eigenvalue weighted by molar-refractivity contribution is 0.351. The van der Waals surface area contributed by atoms with Crippen LogP contribution in [0.3, 0.4) is 0 Å². The molecule has 3 aromatic heterocycles. The zero-order chi connectivity index (χ0) is 19.1. The quantitative estimate of drug-likeness (QED) is 0.646. The molecule has 0 saturated heterocycles. The lowest BCUT2D eigenvalue weighted by Gasteiger charge is -2.04. The lowest BCUT2D eigenvalue weighted by atomic mass is 10.2. The number of aryl methyl sites for hydroxylation is 2. The summed E-state index contributed by atoms with van der Waals surface area (Å²) in [4.78, 5) is 19.8. The van der Waals surface area contributed by atoms with Crippen molar-refractivity contribution in [3.05, 3.63) is 22.1 Å². The van der Waals surface area contributed by atoms with E-state index < -0.39 is 10.0 Å². The predicted octanol–water partition coefficient (Wildman–Crippen LogP) is 1.38. The Morgan fingerprint density at radius 2 is 2.12 bits per heavy atom. The fourth-order valence-corrected chi connectivity index (χ4v) is 4.45. The number of aromatic nitrogens is 4. The summed E-state index contributed by atoms with van der Waals surface area (Å²) in [6.07, 6.45) is 1.53. The van der Waals surface area contributed by atoms with Crippen molar-refractivity contribution in [3.8, 4) is 16.5 Å². The van der Waals surface area contributed by atoms with Crippen LogP contribution in [0.5, 0.6) is 5.06 Å². The molecule has 0 aromatic carbocycles. The average molecular weight is 397 g/mol. The summed E-state index contributed by atoms with van der Waals surface area (Å²) in [5, 5.41) is 9.92. The fourth-order valence-electron chi connectivity index (χ4n) is 2.68. The second-order valence-electron chi connectivity index (χ2n) is 5.68. The van der Waals surface area contributed by atoms with Crippen molar-refractivity contribution in [2.24, 2.45) is 12.2 Å². The average Bonchev–Trinajstić information content (AvgIpc) is 3.10. The zero-order valence-corrected chi connectivity index (χ0v) is 16.2. The number of primary sulfonamides is 1. The van der Waals surface area contributed by atoms with E-state index in [0.29, 0.717) is 34.7 Å². The molecule has 3 aromatic rings. The first-order chi connectivity index (χ1) is 12.3. The van der Waals surface area contributed by atoms with E-state index in [-0.39, 0.29) is 15.6 Å². The van der Waals surface area contributed by atoms with E-state index >= 15 is 0 Å². The maximum atomic E-state index is 12.5. The normalized spacial score (nSPS) is 12.0. The second-order valence-corrected chi connectivity index (χ2v) is 8.48. The Balaban J connectivity index is 2.27. The third-order valence-corrected chi connectivity index (χ3v) is 6.20. The first kappa shape index (κ1) is 18.5. The summed E-state index contributed by atoms with van der Waals surface area (Å²) in [7, 11) is -2.21. The second kappa shape index (κ2) is 6.82. The van der Waals surface area contributed by atoms with Gasteiger partial charge in [0.15, 0.2) is 10.6 Å². The topological polar surface area (TPSA) is 133 Å². The number of nitrogens with one attached hydrogen (secondary N) is 1. The van der Waals surface area contributed by atoms with Gasteiger partial charge in [0.2, 0.25) is 10.0 Å². The highest BCUT2D eigenvalue weighted by Gasteiger charge is 2.22. The maximum Gasteiger partial charge on any atom is 0.277 e. The number of hydrogen-bond acceptors (Lipinski definition) is 7. The largest absolute Gasteiger partial charge is 0.484 e. The molecule has 0 saturated carbocycles. The first-order valence-corrected chi connectivity index (χ1v) is 10.4. The molecule has 0 aliphatic carbocycles. The van der Waals surface area contributed by atoms with Crippen LogP contribution in [0.4, 0.5) is 0 Å². The minimum Gasteiger partial charge on any atom is -0.484 e. The van der Waals surface area contributed by atoms with Gasteiger partial charge in [0.05, 0.1) is 17.9 Å². The number of hydrogen-bond donors (Lipinski definition) is 2. The van der Waals surface area contributed by atoms with Crippen LogP contribution in [0, 0.1) is 0 Å². The van der Waals surface area contributed by atoms with Gasteiger partial charge in [-0.2, -0.15) is 5.10 Å². The number of aromatic amines is 1. The van der Waals surface area contributed by atoms with Crippen LogP contribution in [0.15, 0.2) is 15.1 Å². The molecule has 26 heavy (non-hydrogen) atoms. The molecule has 140 valence electrons. The van der Waals surface area contributed by atoms with Crippen LogP contribution in [0.2, 0.25) is 0 Å². The highest BCUT2D eigenvalue weighted by atomic mass is 32.2. The standard InChI is InChI=1S/C15H19N5O4S2/c1-4-6-9-11-12(20(3)19-9)14(21)18-13(17-11)8-7-10(26(16,22)23)25-15(8)24-5-2/h7H,4-6H2,1-3H3,(H2,16,22,23)(H,17,18,21). The molecule has 3 rings (SSSR count). The number of sulfonamides is 1. The van der Waals surface area contributed by atoms with E-state index in [4.69, 9.17) is 9.88 Å². The third-order valence-electron chi connectivity index (χ3n) is 3.74. The van der Waals surface area contributed by atoms with Gasteiger partial charge >= 0.3 is 0 Å². The van der Waals surface area contributed by atoms with Crippen molar-refractivity contribution in [2.75, 3.05) is 6.61 Å². The minimum absolute atomic E-state index is 0.0568. The van der Waals surface area contributed by atoms with Crippen molar-refractivity contribution in [2.45, 2.75) is 30.9 Å². The lowest BCUT2D eigenvalue weighted by Crippen LogP contribution is -2.12. The van der Waals surface area contributed by atoms with Crippen LogP contribution in [0.1, 0.15) is 26.0 Å². The number of ether oxygens (including phenoxy) is 1. The maximum absolute atomic E-state index is 12.5. The molecule has 3 N–H and O–H groups in total. The van der Waals surface area contributed by atoms with E-state index in [9.17, 15) is 13.2 Å². The molecule has 0 unspecified atom stereocenters. The molecule has 0 fully saturated rings. The van der Waals surface area contributed by atoms with Gasteiger partial charge in [-0.3, -0.25) is 9.48 Å². The van der Waals surface area contributed by atoms with Crippen molar-refractivity contribution in [3.63, 3.8) is 0 Å². The van der Waals surface area contributed by atoms with Gasteiger partial charge in [0.1, 0.15) is 15.6 Å². The molecule has 0 radical (unpaired) electrons. The molecular formula is C15H19N5O4S2. The Bertz CT molecular complexity index is 1130. The van der Waals surface area contributed by atoms with E-state index in [1.165, 1.54) is 10.7 Å². The molecule has 0 atom stereocenters. The van der Waals surface area contributed by atoms with Crippen molar-refractivity contribution >= 4 is 32.4 Å². The predicted molar refractivity (Wildman–Crippen MR) is 99.0 cm³/mol. The number of thiophene rings is 1. The monoisotopic (exact) mass is 397 g/mol. The van der Waals surface area contributed by atoms with Gasteiger partial charge in [0.25, 0.3) is 5.56 Å². The van der Waals surface area contributed by atoms with Gasteiger partial charge in [-0.05, 0) is 19.4 Å². The van der Waals surface area contributed by atoms with E-state index in [2.05, 4.69) is 15.1 Å². The first-order valence-electron chi connectivity index (χ1n) is 8.02. The van der Waals surface area contributed by atoms with Crippen molar-refractivity contribution in [1.29, 1.82) is 0 Å². The van der Waals surface area contributed by atoms with E-state index in [0.717, 1.165) is 23.5 Å². The van der Waals surface area contributed by atoms with Gasteiger partial charge < -0.3 is 9.72 Å². The molecule has 9 nitrogen and oxygen atoms in total.